The number of hydrogen-bond acceptors (Lipinski definition) is 1. The van der Waals surface area contributed by atoms with E-state index < -0.39 is 0 Å². The van der Waals surface area contributed by atoms with Crippen LogP contribution in [0.15, 0.2) is 11.1 Å². The summed E-state index contributed by atoms with van der Waals surface area (Å²) >= 11 is 0. The summed E-state index contributed by atoms with van der Waals surface area (Å²) in [7, 11) is 0. The van der Waals surface area contributed by atoms with Gasteiger partial charge in [-0.3, -0.25) is 0 Å². The van der Waals surface area contributed by atoms with Crippen LogP contribution in [-0.2, 0) is 4.74 Å². The monoisotopic (exact) mass is 128 g/mol. The minimum atomic E-state index is 0.853. The predicted octanol–water partition coefficient (Wildman–Crippen LogP) is 2.38. The van der Waals surface area contributed by atoms with Crippen LogP contribution in [0.4, 0.5) is 0 Å². The van der Waals surface area contributed by atoms with E-state index in [9.17, 15) is 0 Å². The summed E-state index contributed by atoms with van der Waals surface area (Å²) in [4.78, 5) is 0. The van der Waals surface area contributed by atoms with Gasteiger partial charge in [-0.05, 0) is 25.0 Å². The van der Waals surface area contributed by atoms with Crippen molar-refractivity contribution in [2.75, 3.05) is 13.2 Å². The van der Waals surface area contributed by atoms with Crippen LogP contribution in [0.2, 0.25) is 0 Å². The Morgan fingerprint density at radius 2 is 1.33 bits per heavy atom. The molecule has 0 aromatic heterocycles. The minimum absolute atomic E-state index is 0.853. The maximum absolute atomic E-state index is 5.09. The van der Waals surface area contributed by atoms with Gasteiger partial charge in [0.15, 0.2) is 0 Å². The molecule has 0 aliphatic carbocycles. The van der Waals surface area contributed by atoms with Crippen molar-refractivity contribution in [2.24, 2.45) is 0 Å². The lowest BCUT2D eigenvalue weighted by molar-refractivity contribution is 0.204. The highest BCUT2D eigenvalue weighted by Gasteiger charge is 2.03. The van der Waals surface area contributed by atoms with Crippen molar-refractivity contribution in [3.8, 4) is 0 Å². The van der Waals surface area contributed by atoms with Crippen LogP contribution in [0.3, 0.4) is 0 Å². The molecule has 0 aromatic rings. The van der Waals surface area contributed by atoms with Gasteiger partial charge in [0.2, 0.25) is 0 Å². The lowest BCUT2D eigenvalue weighted by atomic mass is 10.2. The highest BCUT2D eigenvalue weighted by molar-refractivity contribution is 5.13. The van der Waals surface area contributed by atoms with E-state index in [0.29, 0.717) is 0 Å². The molecule has 0 amide bonds. The van der Waals surface area contributed by atoms with Gasteiger partial charge >= 0.3 is 0 Å². The van der Waals surface area contributed by atoms with E-state index in [0.717, 1.165) is 13.2 Å². The Balaban J connectivity index is 0.000000291. The summed E-state index contributed by atoms with van der Waals surface area (Å²) in [5.41, 5.74) is 2.81. The molecule has 1 heterocycles. The Kier molecular flexibility index (Phi) is 4.41. The molecule has 1 aliphatic rings. The summed E-state index contributed by atoms with van der Waals surface area (Å²) in [5.74, 6) is 0. The second-order valence-corrected chi connectivity index (χ2v) is 2.05. The summed E-state index contributed by atoms with van der Waals surface area (Å²) in [5, 5.41) is 0. The van der Waals surface area contributed by atoms with Gasteiger partial charge in [0.05, 0.1) is 13.2 Å². The Morgan fingerprint density at radius 1 is 1.00 bits per heavy atom. The molecular weight excluding hydrogens is 112 g/mol. The van der Waals surface area contributed by atoms with Gasteiger partial charge in [-0.1, -0.05) is 13.8 Å². The zero-order valence-electron chi connectivity index (χ0n) is 6.82. The SMILES string of the molecule is CC.CC1=C(C)COC1. The van der Waals surface area contributed by atoms with E-state index in [1.54, 1.807) is 0 Å². The van der Waals surface area contributed by atoms with Crippen molar-refractivity contribution in [3.05, 3.63) is 11.1 Å². The molecule has 0 saturated carbocycles. The minimum Gasteiger partial charge on any atom is -0.373 e. The molecule has 0 unspecified atom stereocenters. The summed E-state index contributed by atoms with van der Waals surface area (Å²) in [6, 6.07) is 0. The average molecular weight is 128 g/mol. The molecule has 0 N–H and O–H groups in total. The first-order valence-electron chi connectivity index (χ1n) is 3.53. The van der Waals surface area contributed by atoms with Crippen LogP contribution in [0.1, 0.15) is 27.7 Å². The van der Waals surface area contributed by atoms with Crippen molar-refractivity contribution in [3.63, 3.8) is 0 Å². The average Bonchev–Trinajstić information content (AvgIpc) is 2.23. The second-order valence-electron chi connectivity index (χ2n) is 2.05. The normalized spacial score (nSPS) is 17.3. The van der Waals surface area contributed by atoms with Gasteiger partial charge in [0.25, 0.3) is 0 Å². The fourth-order valence-corrected chi connectivity index (χ4v) is 0.604. The summed E-state index contributed by atoms with van der Waals surface area (Å²) in [6.07, 6.45) is 0. The third kappa shape index (κ3) is 2.66. The number of hydrogen-bond donors (Lipinski definition) is 0. The standard InChI is InChI=1S/C6H10O.C2H6/c1-5-3-7-4-6(5)2;1-2/h3-4H2,1-2H3;1-2H3. The Bertz CT molecular complexity index is 91.1. The van der Waals surface area contributed by atoms with E-state index in [1.807, 2.05) is 13.8 Å². The van der Waals surface area contributed by atoms with E-state index >= 15 is 0 Å². The maximum Gasteiger partial charge on any atom is 0.0681 e. The quantitative estimate of drug-likeness (QED) is 0.455. The van der Waals surface area contributed by atoms with Crippen LogP contribution in [-0.4, -0.2) is 13.2 Å². The molecular formula is C8H16O. The van der Waals surface area contributed by atoms with Gasteiger partial charge in [0.1, 0.15) is 0 Å². The maximum atomic E-state index is 5.09. The molecule has 0 bridgehead atoms. The Labute approximate surface area is 57.7 Å². The fourth-order valence-electron chi connectivity index (χ4n) is 0.604. The first kappa shape index (κ1) is 8.70. The summed E-state index contributed by atoms with van der Waals surface area (Å²) in [6.45, 7) is 9.93. The Hall–Kier alpha value is -0.300. The van der Waals surface area contributed by atoms with Gasteiger partial charge in [-0.15, -0.1) is 0 Å². The largest absolute Gasteiger partial charge is 0.373 e. The first-order valence-corrected chi connectivity index (χ1v) is 3.53. The molecule has 1 nitrogen and oxygen atoms in total. The van der Waals surface area contributed by atoms with E-state index in [-0.39, 0.29) is 0 Å². The van der Waals surface area contributed by atoms with Crippen LogP contribution in [0, 0.1) is 0 Å². The van der Waals surface area contributed by atoms with Gasteiger partial charge < -0.3 is 4.74 Å². The molecule has 1 rings (SSSR count). The van der Waals surface area contributed by atoms with Crippen molar-refractivity contribution in [1.29, 1.82) is 0 Å². The van der Waals surface area contributed by atoms with Gasteiger partial charge in [-0.2, -0.15) is 0 Å². The van der Waals surface area contributed by atoms with Gasteiger partial charge in [-0.25, -0.2) is 0 Å². The zero-order chi connectivity index (χ0) is 7.28. The number of rotatable bonds is 0. The molecule has 0 atom stereocenters. The third-order valence-electron chi connectivity index (χ3n) is 1.37. The van der Waals surface area contributed by atoms with Crippen molar-refractivity contribution >= 4 is 0 Å². The smallest absolute Gasteiger partial charge is 0.0681 e. The van der Waals surface area contributed by atoms with Crippen molar-refractivity contribution in [2.45, 2.75) is 27.7 Å². The molecule has 0 fully saturated rings. The van der Waals surface area contributed by atoms with Crippen LogP contribution in [0.5, 0.6) is 0 Å². The Morgan fingerprint density at radius 3 is 1.44 bits per heavy atom. The predicted molar refractivity (Wildman–Crippen MR) is 40.5 cm³/mol. The van der Waals surface area contributed by atoms with Crippen LogP contribution >= 0.6 is 0 Å². The van der Waals surface area contributed by atoms with Crippen molar-refractivity contribution < 1.29 is 4.74 Å². The fraction of sp³-hybridized carbons (Fsp3) is 0.750. The lowest BCUT2D eigenvalue weighted by Gasteiger charge is -1.84. The molecule has 54 valence electrons. The van der Waals surface area contributed by atoms with E-state index in [2.05, 4.69) is 13.8 Å². The topological polar surface area (TPSA) is 9.23 Å². The molecule has 0 saturated heterocycles. The highest BCUT2D eigenvalue weighted by Crippen LogP contribution is 2.10. The second kappa shape index (κ2) is 4.57. The summed E-state index contributed by atoms with van der Waals surface area (Å²) < 4.78 is 5.09. The first-order chi connectivity index (χ1) is 4.30. The van der Waals surface area contributed by atoms with E-state index in [1.165, 1.54) is 11.1 Å². The van der Waals surface area contributed by atoms with E-state index in [4.69, 9.17) is 4.74 Å². The molecule has 1 aliphatic heterocycles. The van der Waals surface area contributed by atoms with Crippen LogP contribution in [0.25, 0.3) is 0 Å². The lowest BCUT2D eigenvalue weighted by Crippen LogP contribution is -1.81. The molecule has 1 heteroatoms. The van der Waals surface area contributed by atoms with Crippen LogP contribution < -0.4 is 0 Å². The molecule has 0 aromatic carbocycles. The van der Waals surface area contributed by atoms with Crippen molar-refractivity contribution in [1.82, 2.24) is 0 Å². The van der Waals surface area contributed by atoms with Gasteiger partial charge in [0, 0.05) is 0 Å². The molecule has 0 radical (unpaired) electrons. The third-order valence-corrected chi connectivity index (χ3v) is 1.37. The highest BCUT2D eigenvalue weighted by atomic mass is 16.5. The zero-order valence-corrected chi connectivity index (χ0v) is 6.82. The molecule has 0 spiro atoms. The number of ether oxygens (including phenoxy) is 1. The molecule has 9 heavy (non-hydrogen) atoms.